The van der Waals surface area contributed by atoms with Gasteiger partial charge in [0, 0.05) is 23.7 Å². The number of carbonyl (C=O) groups excluding carboxylic acids is 2. The molecule has 0 saturated carbocycles. The topological polar surface area (TPSA) is 49.4 Å². The highest BCUT2D eigenvalue weighted by atomic mass is 32.2. The van der Waals surface area contributed by atoms with Crippen molar-refractivity contribution in [1.29, 1.82) is 0 Å². The number of rotatable bonds is 6. The van der Waals surface area contributed by atoms with Crippen molar-refractivity contribution >= 4 is 23.6 Å². The van der Waals surface area contributed by atoms with E-state index in [1.54, 1.807) is 17.8 Å². The minimum atomic E-state index is -0.183. The molecular weight excluding hydrogens is 308 g/mol. The highest BCUT2D eigenvalue weighted by molar-refractivity contribution is 7.99. The fraction of sp³-hybridized carbons (Fsp3) is 0.444. The first-order valence-corrected chi connectivity index (χ1v) is 8.97. The van der Waals surface area contributed by atoms with E-state index in [2.05, 4.69) is 25.2 Å². The zero-order valence-corrected chi connectivity index (χ0v) is 14.6. The number of benzene rings is 1. The minimum Gasteiger partial charge on any atom is -0.343 e. The molecule has 2 amide bonds. The van der Waals surface area contributed by atoms with Crippen molar-refractivity contribution in [3.63, 3.8) is 0 Å². The van der Waals surface area contributed by atoms with Gasteiger partial charge in [-0.25, -0.2) is 0 Å². The molecule has 1 saturated heterocycles. The Kier molecular flexibility index (Phi) is 6.71. The Hall–Kier alpha value is -1.75. The van der Waals surface area contributed by atoms with Gasteiger partial charge in [-0.3, -0.25) is 9.59 Å². The van der Waals surface area contributed by atoms with Crippen molar-refractivity contribution in [2.75, 3.05) is 25.4 Å². The molecule has 1 aromatic rings. The van der Waals surface area contributed by atoms with Crippen molar-refractivity contribution in [1.82, 2.24) is 10.2 Å². The molecule has 0 spiro atoms. The highest BCUT2D eigenvalue weighted by Crippen LogP contribution is 2.23. The number of nitrogens with zero attached hydrogens (tertiary/aromatic N) is 1. The lowest BCUT2D eigenvalue weighted by Gasteiger charge is -2.16. The number of hydrogen-bond acceptors (Lipinski definition) is 3. The summed E-state index contributed by atoms with van der Waals surface area (Å²) < 4.78 is 0. The number of likely N-dealkylation sites (tertiary alicyclic amines) is 1. The second-order valence-corrected chi connectivity index (χ2v) is 6.92. The molecule has 0 unspecified atom stereocenters. The largest absolute Gasteiger partial charge is 0.343 e. The summed E-state index contributed by atoms with van der Waals surface area (Å²) in [6.07, 6.45) is 4.25. The Morgan fingerprint density at radius 1 is 1.22 bits per heavy atom. The normalized spacial score (nSPS) is 13.7. The van der Waals surface area contributed by atoms with Crippen molar-refractivity contribution in [3.05, 3.63) is 41.5 Å². The monoisotopic (exact) mass is 332 g/mol. The molecule has 1 aliphatic heterocycles. The first-order chi connectivity index (χ1) is 11.1. The van der Waals surface area contributed by atoms with E-state index in [1.807, 2.05) is 23.1 Å². The minimum absolute atomic E-state index is 0.00512. The van der Waals surface area contributed by atoms with Gasteiger partial charge in [0.05, 0.1) is 12.1 Å². The fourth-order valence-corrected chi connectivity index (χ4v) is 3.49. The third-order valence-corrected chi connectivity index (χ3v) is 4.72. The van der Waals surface area contributed by atoms with Gasteiger partial charge in [-0.05, 0) is 38.8 Å². The molecule has 2 rings (SSSR count). The average Bonchev–Trinajstić information content (AvgIpc) is 3.07. The van der Waals surface area contributed by atoms with E-state index in [1.165, 1.54) is 5.57 Å². The number of carbonyl (C=O) groups is 2. The van der Waals surface area contributed by atoms with Crippen LogP contribution in [0.5, 0.6) is 0 Å². The van der Waals surface area contributed by atoms with Crippen LogP contribution in [0.4, 0.5) is 0 Å². The predicted molar refractivity (Wildman–Crippen MR) is 94.7 cm³/mol. The number of thioether (sulfide) groups is 1. The summed E-state index contributed by atoms with van der Waals surface area (Å²) in [6.45, 7) is 5.81. The molecule has 1 fully saturated rings. The van der Waals surface area contributed by atoms with Crippen molar-refractivity contribution in [3.8, 4) is 0 Å². The van der Waals surface area contributed by atoms with Crippen LogP contribution < -0.4 is 5.32 Å². The Balaban J connectivity index is 1.93. The first kappa shape index (κ1) is 17.6. The molecule has 1 N–H and O–H groups in total. The predicted octanol–water partition coefficient (Wildman–Crippen LogP) is 3.10. The molecule has 1 aromatic carbocycles. The van der Waals surface area contributed by atoms with Gasteiger partial charge < -0.3 is 10.2 Å². The van der Waals surface area contributed by atoms with Crippen molar-refractivity contribution in [2.45, 2.75) is 31.6 Å². The van der Waals surface area contributed by atoms with Gasteiger partial charge in [0.2, 0.25) is 5.91 Å². The Morgan fingerprint density at radius 2 is 1.91 bits per heavy atom. The highest BCUT2D eigenvalue weighted by Gasteiger charge is 2.19. The van der Waals surface area contributed by atoms with Crippen LogP contribution in [0.15, 0.2) is 40.8 Å². The smallest absolute Gasteiger partial charge is 0.252 e. The average molecular weight is 332 g/mol. The number of hydrogen-bond donors (Lipinski definition) is 1. The number of allylic oxidation sites excluding steroid dienone is 1. The molecular formula is C18H24N2O2S. The molecule has 0 atom stereocenters. The first-order valence-electron chi connectivity index (χ1n) is 7.99. The van der Waals surface area contributed by atoms with E-state index in [-0.39, 0.29) is 18.4 Å². The van der Waals surface area contributed by atoms with Gasteiger partial charge in [-0.1, -0.05) is 23.8 Å². The second kappa shape index (κ2) is 8.77. The van der Waals surface area contributed by atoms with Crippen LogP contribution in [0, 0.1) is 0 Å². The molecule has 5 heteroatoms. The van der Waals surface area contributed by atoms with Crippen LogP contribution in [-0.2, 0) is 4.79 Å². The van der Waals surface area contributed by atoms with Gasteiger partial charge in [-0.15, -0.1) is 11.8 Å². The molecule has 0 aliphatic carbocycles. The summed E-state index contributed by atoms with van der Waals surface area (Å²) in [7, 11) is 0. The van der Waals surface area contributed by atoms with E-state index in [9.17, 15) is 9.59 Å². The van der Waals surface area contributed by atoms with E-state index in [0.717, 1.165) is 36.6 Å². The second-order valence-electron chi connectivity index (χ2n) is 5.86. The quantitative estimate of drug-likeness (QED) is 0.643. The van der Waals surface area contributed by atoms with Crippen LogP contribution in [0.3, 0.4) is 0 Å². The van der Waals surface area contributed by atoms with Crippen LogP contribution in [0.25, 0.3) is 0 Å². The van der Waals surface area contributed by atoms with E-state index < -0.39 is 0 Å². The summed E-state index contributed by atoms with van der Waals surface area (Å²) in [5.41, 5.74) is 1.89. The molecule has 1 aliphatic rings. The van der Waals surface area contributed by atoms with Crippen LogP contribution in [0.2, 0.25) is 0 Å². The Labute approximate surface area is 142 Å². The molecule has 0 radical (unpaired) electrons. The Morgan fingerprint density at radius 3 is 2.61 bits per heavy atom. The van der Waals surface area contributed by atoms with E-state index in [4.69, 9.17) is 0 Å². The zero-order valence-electron chi connectivity index (χ0n) is 13.8. The van der Waals surface area contributed by atoms with Crippen LogP contribution >= 0.6 is 11.8 Å². The summed E-state index contributed by atoms with van der Waals surface area (Å²) in [5.74, 6) is 0.655. The summed E-state index contributed by atoms with van der Waals surface area (Å²) >= 11 is 1.63. The van der Waals surface area contributed by atoms with Crippen molar-refractivity contribution < 1.29 is 9.59 Å². The third-order valence-electron chi connectivity index (χ3n) is 3.72. The van der Waals surface area contributed by atoms with Gasteiger partial charge in [-0.2, -0.15) is 0 Å². The van der Waals surface area contributed by atoms with E-state index in [0.29, 0.717) is 5.56 Å². The lowest BCUT2D eigenvalue weighted by Crippen LogP contribution is -2.38. The lowest BCUT2D eigenvalue weighted by atomic mass is 10.2. The lowest BCUT2D eigenvalue weighted by molar-refractivity contribution is -0.129. The molecule has 0 bridgehead atoms. The third kappa shape index (κ3) is 5.43. The fourth-order valence-electron chi connectivity index (χ4n) is 2.41. The molecule has 0 aromatic heterocycles. The van der Waals surface area contributed by atoms with Gasteiger partial charge in [0.15, 0.2) is 0 Å². The molecule has 4 nitrogen and oxygen atoms in total. The van der Waals surface area contributed by atoms with Gasteiger partial charge in [0.1, 0.15) is 0 Å². The maximum Gasteiger partial charge on any atom is 0.252 e. The summed E-state index contributed by atoms with van der Waals surface area (Å²) in [5, 5.41) is 2.76. The van der Waals surface area contributed by atoms with Crippen LogP contribution in [-0.4, -0.2) is 42.1 Å². The number of nitrogens with one attached hydrogen (secondary N) is 1. The molecule has 1 heterocycles. The van der Waals surface area contributed by atoms with E-state index >= 15 is 0 Å². The van der Waals surface area contributed by atoms with Gasteiger partial charge in [0.25, 0.3) is 5.91 Å². The van der Waals surface area contributed by atoms with Crippen molar-refractivity contribution in [2.24, 2.45) is 0 Å². The molecule has 124 valence electrons. The maximum atomic E-state index is 12.4. The Bertz CT molecular complexity index is 588. The SMILES string of the molecule is CC(C)=CCSc1ccccc1C(=O)NCC(=O)N1CCCC1. The standard InChI is InChI=1S/C18H24N2O2S/c1-14(2)9-12-23-16-8-4-3-7-15(16)18(22)19-13-17(21)20-10-5-6-11-20/h3-4,7-9H,5-6,10-13H2,1-2H3,(H,19,22). The van der Waals surface area contributed by atoms with Gasteiger partial charge >= 0.3 is 0 Å². The van der Waals surface area contributed by atoms with Crippen LogP contribution in [0.1, 0.15) is 37.0 Å². The molecule has 23 heavy (non-hydrogen) atoms. The summed E-state index contributed by atoms with van der Waals surface area (Å²) in [4.78, 5) is 27.1. The summed E-state index contributed by atoms with van der Waals surface area (Å²) in [6, 6.07) is 7.53. The zero-order chi connectivity index (χ0) is 16.7. The number of amides is 2. The maximum absolute atomic E-state index is 12.4.